The van der Waals surface area contributed by atoms with E-state index < -0.39 is 22.4 Å². The van der Waals surface area contributed by atoms with Crippen LogP contribution < -0.4 is 0 Å². The van der Waals surface area contributed by atoms with Crippen LogP contribution in [0.1, 0.15) is 0 Å². The number of methoxy groups -OCH3 is 4. The van der Waals surface area contributed by atoms with Gasteiger partial charge in [0.2, 0.25) is 0 Å². The second-order valence-corrected chi connectivity index (χ2v) is 6.32. The van der Waals surface area contributed by atoms with Crippen molar-refractivity contribution < 1.29 is 18.9 Å². The molecule has 0 saturated carbocycles. The summed E-state index contributed by atoms with van der Waals surface area (Å²) in [5.74, 6) is 23.6. The molecule has 0 amide bonds. The Hall–Kier alpha value is -2.96. The molecular weight excluding hydrogens is 352 g/mol. The predicted octanol–water partition coefficient (Wildman–Crippen LogP) is 1.81. The van der Waals surface area contributed by atoms with Crippen molar-refractivity contribution in [2.45, 2.75) is 22.4 Å². The van der Waals surface area contributed by atoms with Crippen molar-refractivity contribution in [1.82, 2.24) is 0 Å². The van der Waals surface area contributed by atoms with Crippen LogP contribution in [-0.4, -0.2) is 50.8 Å². The highest BCUT2D eigenvalue weighted by molar-refractivity contribution is 5.51. The van der Waals surface area contributed by atoms with Crippen molar-refractivity contribution in [2.75, 3.05) is 28.4 Å². The van der Waals surface area contributed by atoms with Crippen LogP contribution in [0.5, 0.6) is 0 Å². The van der Waals surface area contributed by atoms with E-state index in [-0.39, 0.29) is 0 Å². The van der Waals surface area contributed by atoms with Crippen LogP contribution in [0.2, 0.25) is 0 Å². The second-order valence-electron chi connectivity index (χ2n) is 6.32. The molecule has 0 radical (unpaired) electrons. The molecule has 0 saturated heterocycles. The number of hydrogen-bond donors (Lipinski definition) is 0. The Morgan fingerprint density at radius 3 is 0.714 bits per heavy atom. The number of rotatable bonds is 4. The third-order valence-electron chi connectivity index (χ3n) is 4.82. The standard InChI is InChI=1S/C24H20O4/c1-25-21-9-5-6-10-23(27-3)17-19-24(28-4,20-18-23)12-8-7-11-22(26-2,15-13-21)16-14-21/h13-20H,1-4H3. The van der Waals surface area contributed by atoms with Crippen LogP contribution in [0.4, 0.5) is 0 Å². The quantitative estimate of drug-likeness (QED) is 0.557. The SMILES string of the molecule is COC12C#CC#CC3(OC)C=CC(OC)(C#CC#CC(OC)(C=C1)C=C2)C=C3. The van der Waals surface area contributed by atoms with Gasteiger partial charge in [0, 0.05) is 28.4 Å². The summed E-state index contributed by atoms with van der Waals surface area (Å²) < 4.78 is 22.3. The molecule has 0 heterocycles. The Morgan fingerprint density at radius 2 is 0.571 bits per heavy atom. The van der Waals surface area contributed by atoms with E-state index in [1.165, 1.54) is 0 Å². The van der Waals surface area contributed by atoms with Crippen LogP contribution in [0.15, 0.2) is 48.6 Å². The van der Waals surface area contributed by atoms with Gasteiger partial charge in [-0.25, -0.2) is 0 Å². The molecule has 0 aromatic carbocycles. The Kier molecular flexibility index (Phi) is 5.36. The Labute approximate surface area is 166 Å². The summed E-state index contributed by atoms with van der Waals surface area (Å²) in [6, 6.07) is 0. The summed E-state index contributed by atoms with van der Waals surface area (Å²) in [5, 5.41) is 0. The van der Waals surface area contributed by atoms with Gasteiger partial charge >= 0.3 is 0 Å². The van der Waals surface area contributed by atoms with Crippen LogP contribution in [0.3, 0.4) is 0 Å². The van der Waals surface area contributed by atoms with E-state index in [2.05, 4.69) is 47.4 Å². The van der Waals surface area contributed by atoms with Crippen LogP contribution in [0, 0.1) is 47.4 Å². The lowest BCUT2D eigenvalue weighted by atomic mass is 9.88. The van der Waals surface area contributed by atoms with E-state index in [1.54, 1.807) is 77.0 Å². The molecule has 0 aromatic rings. The minimum absolute atomic E-state index is 0.898. The van der Waals surface area contributed by atoms with Gasteiger partial charge in [-0.1, -0.05) is 0 Å². The maximum atomic E-state index is 5.58. The Balaban J connectivity index is 2.15. The summed E-state index contributed by atoms with van der Waals surface area (Å²) in [4.78, 5) is 0. The van der Waals surface area contributed by atoms with Gasteiger partial charge < -0.3 is 18.9 Å². The monoisotopic (exact) mass is 372 g/mol. The second kappa shape index (κ2) is 7.58. The fraction of sp³-hybridized carbons (Fsp3) is 0.333. The molecule has 6 rings (SSSR count). The maximum absolute atomic E-state index is 5.58. The van der Waals surface area contributed by atoms with Crippen LogP contribution in [0.25, 0.3) is 0 Å². The molecular formula is C24H20O4. The summed E-state index contributed by atoms with van der Waals surface area (Å²) in [6.07, 6.45) is 14.4. The summed E-state index contributed by atoms with van der Waals surface area (Å²) in [6.45, 7) is 0. The topological polar surface area (TPSA) is 36.9 Å². The average Bonchev–Trinajstić information content (AvgIpc) is 2.76. The lowest BCUT2D eigenvalue weighted by Gasteiger charge is -2.29. The van der Waals surface area contributed by atoms with Crippen molar-refractivity contribution in [1.29, 1.82) is 0 Å². The van der Waals surface area contributed by atoms with Crippen molar-refractivity contribution in [3.05, 3.63) is 48.6 Å². The first-order chi connectivity index (χ1) is 13.5. The fourth-order valence-electron chi connectivity index (χ4n) is 2.81. The van der Waals surface area contributed by atoms with E-state index in [9.17, 15) is 0 Å². The van der Waals surface area contributed by atoms with Crippen molar-refractivity contribution in [3.63, 3.8) is 0 Å². The predicted molar refractivity (Wildman–Crippen MR) is 107 cm³/mol. The summed E-state index contributed by atoms with van der Waals surface area (Å²) in [7, 11) is 6.33. The zero-order valence-corrected chi connectivity index (χ0v) is 16.3. The molecule has 4 bridgehead atoms. The Morgan fingerprint density at radius 1 is 0.393 bits per heavy atom. The van der Waals surface area contributed by atoms with Crippen LogP contribution in [-0.2, 0) is 18.9 Å². The lowest BCUT2D eigenvalue weighted by molar-refractivity contribution is 0.0950. The highest BCUT2D eigenvalue weighted by atomic mass is 16.5. The van der Waals surface area contributed by atoms with E-state index >= 15 is 0 Å². The zero-order chi connectivity index (χ0) is 20.1. The number of hydrogen-bond acceptors (Lipinski definition) is 4. The highest BCUT2D eigenvalue weighted by Crippen LogP contribution is 2.27. The third-order valence-corrected chi connectivity index (χ3v) is 4.82. The molecule has 0 unspecified atom stereocenters. The van der Waals surface area contributed by atoms with Crippen LogP contribution >= 0.6 is 0 Å². The van der Waals surface area contributed by atoms with Gasteiger partial charge in [-0.2, -0.15) is 0 Å². The van der Waals surface area contributed by atoms with E-state index in [4.69, 9.17) is 18.9 Å². The van der Waals surface area contributed by atoms with E-state index in [1.807, 2.05) is 0 Å². The average molecular weight is 372 g/mol. The molecule has 28 heavy (non-hydrogen) atoms. The summed E-state index contributed by atoms with van der Waals surface area (Å²) in [5.41, 5.74) is -3.59. The minimum Gasteiger partial charge on any atom is -0.358 e. The third kappa shape index (κ3) is 3.69. The van der Waals surface area contributed by atoms with Crippen molar-refractivity contribution in [2.24, 2.45) is 0 Å². The van der Waals surface area contributed by atoms with Gasteiger partial charge in [-0.15, -0.1) is 0 Å². The molecule has 0 N–H and O–H groups in total. The largest absolute Gasteiger partial charge is 0.358 e. The first-order valence-corrected chi connectivity index (χ1v) is 8.59. The molecule has 6 aliphatic rings. The first kappa shape index (κ1) is 19.8. The molecule has 140 valence electrons. The normalized spacial score (nSPS) is 36.4. The van der Waals surface area contributed by atoms with Gasteiger partial charge in [-0.3, -0.25) is 0 Å². The molecule has 0 spiro atoms. The van der Waals surface area contributed by atoms with Crippen molar-refractivity contribution in [3.8, 4) is 47.4 Å². The van der Waals surface area contributed by atoms with Gasteiger partial charge in [0.15, 0.2) is 22.4 Å². The van der Waals surface area contributed by atoms with Gasteiger partial charge in [-0.05, 0) is 96.0 Å². The highest BCUT2D eigenvalue weighted by Gasteiger charge is 2.33. The molecule has 0 fully saturated rings. The summed E-state index contributed by atoms with van der Waals surface area (Å²) >= 11 is 0. The molecule has 4 heteroatoms. The van der Waals surface area contributed by atoms with E-state index in [0.717, 1.165) is 0 Å². The van der Waals surface area contributed by atoms with Gasteiger partial charge in [0.25, 0.3) is 0 Å². The maximum Gasteiger partial charge on any atom is 0.166 e. The minimum atomic E-state index is -0.898. The first-order valence-electron chi connectivity index (χ1n) is 8.59. The van der Waals surface area contributed by atoms with E-state index in [0.29, 0.717) is 0 Å². The Bertz CT molecular complexity index is 817. The van der Waals surface area contributed by atoms with Gasteiger partial charge in [0.1, 0.15) is 0 Å². The lowest BCUT2D eigenvalue weighted by Crippen LogP contribution is -2.35. The fourth-order valence-corrected chi connectivity index (χ4v) is 2.81. The number of ether oxygens (including phenoxy) is 4. The smallest absolute Gasteiger partial charge is 0.166 e. The molecule has 6 aliphatic carbocycles. The van der Waals surface area contributed by atoms with Gasteiger partial charge in [0.05, 0.1) is 0 Å². The molecule has 0 atom stereocenters. The van der Waals surface area contributed by atoms with Crippen molar-refractivity contribution >= 4 is 0 Å². The molecule has 0 aromatic heterocycles. The zero-order valence-electron chi connectivity index (χ0n) is 16.3. The molecule has 0 aliphatic heterocycles. The molecule has 4 nitrogen and oxygen atoms in total.